The molecule has 0 heterocycles. The van der Waals surface area contributed by atoms with E-state index < -0.39 is 0 Å². The molecule has 1 N–H and O–H groups in total. The summed E-state index contributed by atoms with van der Waals surface area (Å²) in [5, 5.41) is 2.92. The number of aryl methyl sites for hydroxylation is 1. The molecule has 1 aromatic rings. The van der Waals surface area contributed by atoms with E-state index in [-0.39, 0.29) is 30.3 Å². The summed E-state index contributed by atoms with van der Waals surface area (Å²) < 4.78 is 10.7. The summed E-state index contributed by atoms with van der Waals surface area (Å²) in [6.07, 6.45) is 3.91. The van der Waals surface area contributed by atoms with Crippen LogP contribution in [0, 0.1) is 18.8 Å². The van der Waals surface area contributed by atoms with Crippen LogP contribution < -0.4 is 10.1 Å². The van der Waals surface area contributed by atoms with Crippen LogP contribution in [-0.4, -0.2) is 32.1 Å². The highest BCUT2D eigenvalue weighted by atomic mass is 16.5. The van der Waals surface area contributed by atoms with Gasteiger partial charge in [-0.05, 0) is 48.8 Å². The summed E-state index contributed by atoms with van der Waals surface area (Å²) in [4.78, 5) is 24.1. The molecule has 0 aromatic heterocycles. The highest BCUT2D eigenvalue weighted by molar-refractivity contribution is 5.78. The number of ether oxygens (including phenoxy) is 2. The van der Waals surface area contributed by atoms with Crippen molar-refractivity contribution in [1.82, 2.24) is 5.32 Å². The third-order valence-corrected chi connectivity index (χ3v) is 5.12. The minimum atomic E-state index is -0.165. The summed E-state index contributed by atoms with van der Waals surface area (Å²) >= 11 is 0. The van der Waals surface area contributed by atoms with Crippen LogP contribution in [0.25, 0.3) is 0 Å². The van der Waals surface area contributed by atoms with Gasteiger partial charge in [0.2, 0.25) is 0 Å². The molecule has 2 atom stereocenters. The monoisotopic (exact) mass is 361 g/mol. The Hall–Kier alpha value is -2.04. The standard InChI is InChI=1S/C21H31NO4/c1-14(2)17-10-9-15(3)11-19(17)26-13-20(23)22-12-16-7-5-6-8-18(16)21(24)25-4/h9-11,14,16,18H,5-8,12-13H2,1-4H3,(H,22,23). The number of hydrogen-bond acceptors (Lipinski definition) is 4. The smallest absolute Gasteiger partial charge is 0.309 e. The van der Waals surface area contributed by atoms with Gasteiger partial charge in [-0.1, -0.05) is 38.8 Å². The van der Waals surface area contributed by atoms with Gasteiger partial charge in [-0.2, -0.15) is 0 Å². The third-order valence-electron chi connectivity index (χ3n) is 5.12. The summed E-state index contributed by atoms with van der Waals surface area (Å²) in [7, 11) is 1.43. The third kappa shape index (κ3) is 5.48. The number of carbonyl (C=O) groups excluding carboxylic acids is 2. The predicted molar refractivity (Wildman–Crippen MR) is 101 cm³/mol. The number of esters is 1. The van der Waals surface area contributed by atoms with E-state index >= 15 is 0 Å². The molecule has 0 bridgehead atoms. The Bertz CT molecular complexity index is 626. The normalized spacial score (nSPS) is 19.9. The van der Waals surface area contributed by atoms with E-state index in [0.717, 1.165) is 42.6 Å². The van der Waals surface area contributed by atoms with Crippen LogP contribution in [-0.2, 0) is 14.3 Å². The predicted octanol–water partition coefficient (Wildman–Crippen LogP) is 3.59. The molecule has 1 fully saturated rings. The summed E-state index contributed by atoms with van der Waals surface area (Å²) in [5.74, 6) is 0.804. The van der Waals surface area contributed by atoms with Crippen LogP contribution in [0.1, 0.15) is 56.6 Å². The van der Waals surface area contributed by atoms with Gasteiger partial charge in [0.1, 0.15) is 5.75 Å². The maximum absolute atomic E-state index is 12.2. The summed E-state index contributed by atoms with van der Waals surface area (Å²) in [5.41, 5.74) is 2.20. The molecule has 1 aliphatic carbocycles. The summed E-state index contributed by atoms with van der Waals surface area (Å²) in [6.45, 7) is 6.69. The zero-order chi connectivity index (χ0) is 19.1. The topological polar surface area (TPSA) is 64.6 Å². The number of methoxy groups -OCH3 is 1. The first-order chi connectivity index (χ1) is 12.4. The molecule has 1 aliphatic rings. The lowest BCUT2D eigenvalue weighted by molar-refractivity contribution is -0.148. The van der Waals surface area contributed by atoms with Gasteiger partial charge in [0.25, 0.3) is 5.91 Å². The number of benzene rings is 1. The quantitative estimate of drug-likeness (QED) is 0.754. The molecule has 1 aromatic carbocycles. The van der Waals surface area contributed by atoms with E-state index in [1.807, 2.05) is 13.0 Å². The molecule has 5 nitrogen and oxygen atoms in total. The second kappa shape index (κ2) is 9.60. The highest BCUT2D eigenvalue weighted by Crippen LogP contribution is 2.30. The van der Waals surface area contributed by atoms with Crippen molar-refractivity contribution < 1.29 is 19.1 Å². The van der Waals surface area contributed by atoms with Crippen LogP contribution in [0.3, 0.4) is 0 Å². The molecule has 144 valence electrons. The van der Waals surface area contributed by atoms with Gasteiger partial charge in [-0.3, -0.25) is 9.59 Å². The molecule has 1 saturated carbocycles. The Morgan fingerprint density at radius 3 is 2.65 bits per heavy atom. The van der Waals surface area contributed by atoms with Crippen LogP contribution in [0.4, 0.5) is 0 Å². The van der Waals surface area contributed by atoms with Gasteiger partial charge in [-0.15, -0.1) is 0 Å². The lowest BCUT2D eigenvalue weighted by Gasteiger charge is -2.29. The van der Waals surface area contributed by atoms with Gasteiger partial charge >= 0.3 is 5.97 Å². The number of carbonyl (C=O) groups is 2. The number of rotatable bonds is 7. The van der Waals surface area contributed by atoms with Crippen molar-refractivity contribution >= 4 is 11.9 Å². The van der Waals surface area contributed by atoms with Gasteiger partial charge in [0.05, 0.1) is 13.0 Å². The SMILES string of the molecule is COC(=O)C1CCCCC1CNC(=O)COc1cc(C)ccc1C(C)C. The molecule has 1 amide bonds. The van der Waals surface area contributed by atoms with Gasteiger partial charge < -0.3 is 14.8 Å². The van der Waals surface area contributed by atoms with Crippen LogP contribution in [0.5, 0.6) is 5.75 Å². The Balaban J connectivity index is 1.87. The summed E-state index contributed by atoms with van der Waals surface area (Å²) in [6, 6.07) is 6.07. The van der Waals surface area contributed by atoms with Gasteiger partial charge in [-0.25, -0.2) is 0 Å². The first kappa shape index (κ1) is 20.3. The molecule has 0 radical (unpaired) electrons. The van der Waals surface area contributed by atoms with Gasteiger partial charge in [0.15, 0.2) is 6.61 Å². The molecule has 0 saturated heterocycles. The van der Waals surface area contributed by atoms with Crippen molar-refractivity contribution in [3.63, 3.8) is 0 Å². The van der Waals surface area contributed by atoms with E-state index in [9.17, 15) is 9.59 Å². The van der Waals surface area contributed by atoms with E-state index in [1.165, 1.54) is 7.11 Å². The van der Waals surface area contributed by atoms with Gasteiger partial charge in [0, 0.05) is 6.54 Å². The van der Waals surface area contributed by atoms with Crippen molar-refractivity contribution in [2.75, 3.05) is 20.3 Å². The van der Waals surface area contributed by atoms with Crippen molar-refractivity contribution in [2.24, 2.45) is 11.8 Å². The largest absolute Gasteiger partial charge is 0.483 e. The average Bonchev–Trinajstić information content (AvgIpc) is 2.64. The van der Waals surface area contributed by atoms with Crippen molar-refractivity contribution in [3.8, 4) is 5.75 Å². The first-order valence-corrected chi connectivity index (χ1v) is 9.50. The Morgan fingerprint density at radius 2 is 1.96 bits per heavy atom. The fraction of sp³-hybridized carbons (Fsp3) is 0.619. The van der Waals surface area contributed by atoms with Crippen LogP contribution in [0.2, 0.25) is 0 Å². The molecule has 5 heteroatoms. The molecular weight excluding hydrogens is 330 g/mol. The molecule has 26 heavy (non-hydrogen) atoms. The second-order valence-corrected chi connectivity index (χ2v) is 7.46. The van der Waals surface area contributed by atoms with Crippen molar-refractivity contribution in [1.29, 1.82) is 0 Å². The minimum absolute atomic E-state index is 0.0151. The Labute approximate surface area is 156 Å². The molecule has 2 unspecified atom stereocenters. The highest BCUT2D eigenvalue weighted by Gasteiger charge is 2.31. The lowest BCUT2D eigenvalue weighted by Crippen LogP contribution is -2.39. The number of amides is 1. The molecular formula is C21H31NO4. The molecule has 0 aliphatic heterocycles. The number of hydrogen-bond donors (Lipinski definition) is 1. The second-order valence-electron chi connectivity index (χ2n) is 7.46. The van der Waals surface area contributed by atoms with Crippen molar-refractivity contribution in [2.45, 2.75) is 52.4 Å². The zero-order valence-electron chi connectivity index (χ0n) is 16.3. The number of nitrogens with one attached hydrogen (secondary N) is 1. The Kier molecular flexibility index (Phi) is 7.49. The first-order valence-electron chi connectivity index (χ1n) is 9.50. The molecule has 0 spiro atoms. The maximum atomic E-state index is 12.2. The van der Waals surface area contributed by atoms with Crippen molar-refractivity contribution in [3.05, 3.63) is 29.3 Å². The minimum Gasteiger partial charge on any atom is -0.483 e. The van der Waals surface area contributed by atoms with E-state index in [2.05, 4.69) is 31.3 Å². The maximum Gasteiger partial charge on any atom is 0.309 e. The average molecular weight is 361 g/mol. The lowest BCUT2D eigenvalue weighted by atomic mass is 9.79. The van der Waals surface area contributed by atoms with E-state index in [0.29, 0.717) is 12.5 Å². The Morgan fingerprint density at radius 1 is 1.23 bits per heavy atom. The molecule has 2 rings (SSSR count). The van der Waals surface area contributed by atoms with E-state index in [1.54, 1.807) is 0 Å². The van der Waals surface area contributed by atoms with Crippen LogP contribution >= 0.6 is 0 Å². The van der Waals surface area contributed by atoms with E-state index in [4.69, 9.17) is 9.47 Å². The fourth-order valence-electron chi connectivity index (χ4n) is 3.60. The fourth-order valence-corrected chi connectivity index (χ4v) is 3.60. The van der Waals surface area contributed by atoms with Crippen LogP contribution in [0.15, 0.2) is 18.2 Å². The zero-order valence-corrected chi connectivity index (χ0v) is 16.3.